The van der Waals surface area contributed by atoms with E-state index in [0.717, 1.165) is 13.1 Å². The molecule has 17 heavy (non-hydrogen) atoms. The quantitative estimate of drug-likeness (QED) is 0.838. The molecule has 0 unspecified atom stereocenters. The van der Waals surface area contributed by atoms with Crippen molar-refractivity contribution in [2.45, 2.75) is 12.3 Å². The first-order valence-electron chi connectivity index (χ1n) is 5.20. The lowest BCUT2D eigenvalue weighted by Crippen LogP contribution is -2.40. The third-order valence-electron chi connectivity index (χ3n) is 2.83. The number of nitrogens with one attached hydrogen (secondary N) is 1. The minimum Gasteiger partial charge on any atom is -0.315 e. The number of hydrogen-bond acceptors (Lipinski definition) is 3. The zero-order valence-electron chi connectivity index (χ0n) is 8.70. The molecule has 1 fully saturated rings. The van der Waals surface area contributed by atoms with E-state index in [1.54, 1.807) is 0 Å². The molecule has 2 aromatic rings. The molecule has 0 atom stereocenters. The molecule has 2 aromatic heterocycles. The molecule has 1 aliphatic heterocycles. The van der Waals surface area contributed by atoms with Gasteiger partial charge >= 0.3 is 0 Å². The molecule has 0 aliphatic carbocycles. The van der Waals surface area contributed by atoms with Gasteiger partial charge in [0.05, 0.1) is 0 Å². The van der Waals surface area contributed by atoms with Crippen molar-refractivity contribution < 1.29 is 8.78 Å². The van der Waals surface area contributed by atoms with E-state index in [0.29, 0.717) is 11.5 Å². The summed E-state index contributed by atoms with van der Waals surface area (Å²) in [7, 11) is 0. The van der Waals surface area contributed by atoms with Crippen LogP contribution < -0.4 is 5.32 Å². The van der Waals surface area contributed by atoms with Crippen molar-refractivity contribution in [3.05, 3.63) is 28.7 Å². The number of hydrogen-bond donors (Lipinski definition) is 1. The van der Waals surface area contributed by atoms with Gasteiger partial charge in [-0.3, -0.25) is 0 Å². The first kappa shape index (κ1) is 10.9. The standard InChI is InChI=1S/C10H9ClF2N4/c11-7-1-5(9(12)13)2-8-15-10(16-17(7)8)6-3-14-4-6/h1-2,6,9,14H,3-4H2. The number of halogens is 3. The fraction of sp³-hybridized carbons (Fsp3) is 0.400. The van der Waals surface area contributed by atoms with E-state index in [2.05, 4.69) is 15.4 Å². The largest absolute Gasteiger partial charge is 0.315 e. The van der Waals surface area contributed by atoms with Gasteiger partial charge in [0.2, 0.25) is 0 Å². The smallest absolute Gasteiger partial charge is 0.264 e. The van der Waals surface area contributed by atoms with Crippen molar-refractivity contribution in [2.24, 2.45) is 0 Å². The molecule has 90 valence electrons. The van der Waals surface area contributed by atoms with Crippen LogP contribution in [0.4, 0.5) is 8.78 Å². The molecule has 0 saturated carbocycles. The Morgan fingerprint density at radius 2 is 2.18 bits per heavy atom. The Bertz CT molecular complexity index is 565. The summed E-state index contributed by atoms with van der Waals surface area (Å²) in [6, 6.07) is 2.54. The zero-order valence-corrected chi connectivity index (χ0v) is 9.46. The van der Waals surface area contributed by atoms with Crippen LogP contribution in [0.1, 0.15) is 23.7 Å². The zero-order chi connectivity index (χ0) is 12.0. The van der Waals surface area contributed by atoms with Crippen LogP contribution in [0.2, 0.25) is 5.15 Å². The lowest BCUT2D eigenvalue weighted by atomic mass is 10.0. The van der Waals surface area contributed by atoms with Gasteiger partial charge in [0.1, 0.15) is 5.15 Å². The molecule has 0 radical (unpaired) electrons. The summed E-state index contributed by atoms with van der Waals surface area (Å²) in [4.78, 5) is 4.23. The fourth-order valence-corrected chi connectivity index (χ4v) is 2.00. The van der Waals surface area contributed by atoms with Crippen LogP contribution in [0.5, 0.6) is 0 Å². The summed E-state index contributed by atoms with van der Waals surface area (Å²) < 4.78 is 26.6. The van der Waals surface area contributed by atoms with Crippen LogP contribution in [0.15, 0.2) is 12.1 Å². The number of rotatable bonds is 2. The number of aromatic nitrogens is 3. The van der Waals surface area contributed by atoms with E-state index in [9.17, 15) is 8.78 Å². The highest BCUT2D eigenvalue weighted by Gasteiger charge is 2.24. The molecule has 1 saturated heterocycles. The van der Waals surface area contributed by atoms with Crippen molar-refractivity contribution in [2.75, 3.05) is 13.1 Å². The lowest BCUT2D eigenvalue weighted by Gasteiger charge is -2.23. The highest BCUT2D eigenvalue weighted by Crippen LogP contribution is 2.25. The average Bonchev–Trinajstić information content (AvgIpc) is 2.58. The first-order valence-corrected chi connectivity index (χ1v) is 5.58. The predicted octanol–water partition coefficient (Wildman–Crippen LogP) is 2.01. The maximum absolute atomic E-state index is 12.6. The van der Waals surface area contributed by atoms with Crippen LogP contribution >= 0.6 is 11.6 Å². The van der Waals surface area contributed by atoms with E-state index in [1.807, 2.05) is 0 Å². The van der Waals surface area contributed by atoms with E-state index in [-0.39, 0.29) is 16.6 Å². The Balaban J connectivity index is 2.10. The van der Waals surface area contributed by atoms with E-state index in [1.165, 1.54) is 16.6 Å². The second-order valence-corrected chi connectivity index (χ2v) is 4.39. The van der Waals surface area contributed by atoms with Crippen LogP contribution in [0.25, 0.3) is 5.65 Å². The molecule has 0 bridgehead atoms. The molecule has 0 aromatic carbocycles. The Labute approximate surface area is 101 Å². The molecule has 0 spiro atoms. The molecule has 1 aliphatic rings. The number of alkyl halides is 2. The Kier molecular flexibility index (Phi) is 2.48. The van der Waals surface area contributed by atoms with Gasteiger partial charge in [0.15, 0.2) is 11.5 Å². The van der Waals surface area contributed by atoms with Crippen LogP contribution in [-0.2, 0) is 0 Å². The van der Waals surface area contributed by atoms with Gasteiger partial charge in [0.25, 0.3) is 6.43 Å². The molecule has 0 amide bonds. The minimum absolute atomic E-state index is 0.131. The van der Waals surface area contributed by atoms with Crippen LogP contribution in [0.3, 0.4) is 0 Å². The van der Waals surface area contributed by atoms with Gasteiger partial charge in [0, 0.05) is 24.6 Å². The molecular weight excluding hydrogens is 250 g/mol. The summed E-state index contributed by atoms with van der Waals surface area (Å²) in [6.45, 7) is 1.63. The van der Waals surface area contributed by atoms with Crippen molar-refractivity contribution >= 4 is 17.2 Å². The first-order chi connectivity index (χ1) is 8.15. The Hall–Kier alpha value is -1.27. The summed E-state index contributed by atoms with van der Waals surface area (Å²) in [5, 5.41) is 7.49. The monoisotopic (exact) mass is 258 g/mol. The molecule has 7 heteroatoms. The van der Waals surface area contributed by atoms with Gasteiger partial charge in [-0.05, 0) is 12.1 Å². The van der Waals surface area contributed by atoms with E-state index < -0.39 is 6.43 Å². The topological polar surface area (TPSA) is 42.2 Å². The third-order valence-corrected chi connectivity index (χ3v) is 3.10. The Morgan fingerprint density at radius 1 is 1.41 bits per heavy atom. The molecule has 3 rings (SSSR count). The van der Waals surface area contributed by atoms with Crippen LogP contribution in [0, 0.1) is 0 Å². The maximum Gasteiger partial charge on any atom is 0.264 e. The second kappa shape index (κ2) is 3.89. The second-order valence-electron chi connectivity index (χ2n) is 4.01. The minimum atomic E-state index is -2.55. The van der Waals surface area contributed by atoms with Gasteiger partial charge < -0.3 is 5.32 Å². The number of pyridine rings is 1. The normalized spacial score (nSPS) is 16.7. The van der Waals surface area contributed by atoms with Gasteiger partial charge in [-0.2, -0.15) is 0 Å². The summed E-state index contributed by atoms with van der Waals surface area (Å²) in [6.07, 6.45) is -2.55. The highest BCUT2D eigenvalue weighted by atomic mass is 35.5. The van der Waals surface area contributed by atoms with Crippen molar-refractivity contribution in [1.29, 1.82) is 0 Å². The third kappa shape index (κ3) is 1.77. The van der Waals surface area contributed by atoms with E-state index >= 15 is 0 Å². The predicted molar refractivity (Wildman–Crippen MR) is 58.6 cm³/mol. The molecule has 3 heterocycles. The SMILES string of the molecule is FC(F)c1cc(Cl)n2nc(C3CNC3)nc2c1. The highest BCUT2D eigenvalue weighted by molar-refractivity contribution is 6.29. The molecular formula is C10H9ClF2N4. The van der Waals surface area contributed by atoms with E-state index in [4.69, 9.17) is 11.6 Å². The van der Waals surface area contributed by atoms with Gasteiger partial charge in [-0.25, -0.2) is 18.3 Å². The number of fused-ring (bicyclic) bond motifs is 1. The fourth-order valence-electron chi connectivity index (χ4n) is 1.75. The van der Waals surface area contributed by atoms with Crippen molar-refractivity contribution in [3.63, 3.8) is 0 Å². The average molecular weight is 259 g/mol. The summed E-state index contributed by atoms with van der Waals surface area (Å²) >= 11 is 5.90. The molecule has 4 nitrogen and oxygen atoms in total. The summed E-state index contributed by atoms with van der Waals surface area (Å²) in [5.74, 6) is 0.901. The maximum atomic E-state index is 12.6. The lowest BCUT2D eigenvalue weighted by molar-refractivity contribution is 0.151. The van der Waals surface area contributed by atoms with Gasteiger partial charge in [-0.1, -0.05) is 11.6 Å². The number of nitrogens with zero attached hydrogens (tertiary/aromatic N) is 3. The van der Waals surface area contributed by atoms with Crippen molar-refractivity contribution in [3.8, 4) is 0 Å². The van der Waals surface area contributed by atoms with Gasteiger partial charge in [-0.15, -0.1) is 5.10 Å². The Morgan fingerprint density at radius 3 is 2.76 bits per heavy atom. The van der Waals surface area contributed by atoms with Crippen molar-refractivity contribution in [1.82, 2.24) is 19.9 Å². The summed E-state index contributed by atoms with van der Waals surface area (Å²) in [5.41, 5.74) is 0.239. The van der Waals surface area contributed by atoms with Crippen LogP contribution in [-0.4, -0.2) is 27.7 Å². The molecule has 1 N–H and O–H groups in total.